The number of hydrogen-bond donors (Lipinski definition) is 2. The average molecular weight is 284 g/mol. The van der Waals surface area contributed by atoms with Crippen LogP contribution in [0.2, 0.25) is 0 Å². The normalized spacial score (nSPS) is 18.3. The molecule has 0 saturated heterocycles. The lowest BCUT2D eigenvalue weighted by molar-refractivity contribution is 0.0657. The summed E-state index contributed by atoms with van der Waals surface area (Å²) >= 11 is 0. The van der Waals surface area contributed by atoms with Gasteiger partial charge in [0.05, 0.1) is 0 Å². The predicted octanol–water partition coefficient (Wildman–Crippen LogP) is 0.426. The summed E-state index contributed by atoms with van der Waals surface area (Å²) in [6.07, 6.45) is 4.62. The molecule has 7 heteroatoms. The Hall–Kier alpha value is -1.18. The third kappa shape index (κ3) is 2.72. The zero-order valence-corrected chi connectivity index (χ0v) is 12.1. The van der Waals surface area contributed by atoms with Gasteiger partial charge in [-0.05, 0) is 45.5 Å². The van der Waals surface area contributed by atoms with Gasteiger partial charge in [0.2, 0.25) is 10.0 Å². The number of anilines is 1. The maximum atomic E-state index is 12.2. The van der Waals surface area contributed by atoms with Crippen molar-refractivity contribution >= 4 is 15.8 Å². The van der Waals surface area contributed by atoms with Gasteiger partial charge in [-0.2, -0.15) is 0 Å². The molecular formula is C12H20N4O2S. The van der Waals surface area contributed by atoms with Crippen LogP contribution in [0.5, 0.6) is 0 Å². The fraction of sp³-hybridized carbons (Fsp3) is 0.583. The number of pyridine rings is 1. The van der Waals surface area contributed by atoms with E-state index in [2.05, 4.69) is 14.6 Å². The third-order valence-electron chi connectivity index (χ3n) is 3.91. The van der Waals surface area contributed by atoms with Gasteiger partial charge in [0.15, 0.2) is 0 Å². The van der Waals surface area contributed by atoms with E-state index < -0.39 is 10.0 Å². The summed E-state index contributed by atoms with van der Waals surface area (Å²) in [5.74, 6) is 0.0301. The summed E-state index contributed by atoms with van der Waals surface area (Å²) < 4.78 is 27.1. The SMILES string of the molecule is CN(C)C1(CNS(=O)(=O)c2cccnc2N)CCC1. The molecule has 1 saturated carbocycles. The zero-order chi connectivity index (χ0) is 14.1. The highest BCUT2D eigenvalue weighted by Crippen LogP contribution is 2.35. The first kappa shape index (κ1) is 14.2. The Morgan fingerprint density at radius 3 is 2.63 bits per heavy atom. The van der Waals surface area contributed by atoms with Crippen molar-refractivity contribution in [3.63, 3.8) is 0 Å². The van der Waals surface area contributed by atoms with Crippen LogP contribution in [-0.2, 0) is 10.0 Å². The molecule has 6 nitrogen and oxygen atoms in total. The first-order valence-corrected chi connectivity index (χ1v) is 7.73. The molecule has 0 spiro atoms. The molecule has 0 unspecified atom stereocenters. The van der Waals surface area contributed by atoms with Crippen molar-refractivity contribution in [3.8, 4) is 0 Å². The van der Waals surface area contributed by atoms with Crippen molar-refractivity contribution in [3.05, 3.63) is 18.3 Å². The van der Waals surface area contributed by atoms with Gasteiger partial charge in [-0.1, -0.05) is 0 Å². The lowest BCUT2D eigenvalue weighted by atomic mass is 9.76. The van der Waals surface area contributed by atoms with Crippen molar-refractivity contribution in [2.75, 3.05) is 26.4 Å². The molecule has 1 aromatic rings. The van der Waals surface area contributed by atoms with E-state index in [9.17, 15) is 8.42 Å². The van der Waals surface area contributed by atoms with Gasteiger partial charge in [0.1, 0.15) is 10.7 Å². The Labute approximate surface area is 114 Å². The molecule has 1 aliphatic rings. The van der Waals surface area contributed by atoms with Crippen molar-refractivity contribution in [1.29, 1.82) is 0 Å². The molecule has 0 aliphatic heterocycles. The fourth-order valence-electron chi connectivity index (χ4n) is 2.30. The summed E-state index contributed by atoms with van der Waals surface area (Å²) in [7, 11) is 0.358. The summed E-state index contributed by atoms with van der Waals surface area (Å²) in [6.45, 7) is 0.399. The van der Waals surface area contributed by atoms with Crippen LogP contribution in [0.1, 0.15) is 19.3 Å². The van der Waals surface area contributed by atoms with Crippen molar-refractivity contribution in [1.82, 2.24) is 14.6 Å². The smallest absolute Gasteiger partial charge is 0.244 e. The van der Waals surface area contributed by atoms with Crippen molar-refractivity contribution in [2.45, 2.75) is 29.7 Å². The number of likely N-dealkylation sites (N-methyl/N-ethyl adjacent to an activating group) is 1. The standard InChI is InChI=1S/C12H20N4O2S/c1-16(2)12(6-4-7-12)9-15-19(17,18)10-5-3-8-14-11(10)13/h3,5,8,15H,4,6-7,9H2,1-2H3,(H2,13,14). The largest absolute Gasteiger partial charge is 0.383 e. The predicted molar refractivity (Wildman–Crippen MR) is 74.1 cm³/mol. The second kappa shape index (κ2) is 5.07. The molecular weight excluding hydrogens is 264 g/mol. The first-order chi connectivity index (χ1) is 8.87. The number of aromatic nitrogens is 1. The number of nitrogens with zero attached hydrogens (tertiary/aromatic N) is 2. The van der Waals surface area contributed by atoms with E-state index in [-0.39, 0.29) is 16.3 Å². The summed E-state index contributed by atoms with van der Waals surface area (Å²) in [4.78, 5) is 5.94. The van der Waals surface area contributed by atoms with Crippen molar-refractivity contribution in [2.24, 2.45) is 0 Å². The van der Waals surface area contributed by atoms with Crippen LogP contribution in [-0.4, -0.2) is 44.5 Å². The minimum absolute atomic E-state index is 0.0301. The molecule has 19 heavy (non-hydrogen) atoms. The molecule has 1 aromatic heterocycles. The van der Waals surface area contributed by atoms with Crippen LogP contribution >= 0.6 is 0 Å². The molecule has 0 atom stereocenters. The Morgan fingerprint density at radius 1 is 1.47 bits per heavy atom. The average Bonchev–Trinajstić information content (AvgIpc) is 2.27. The maximum Gasteiger partial charge on any atom is 0.244 e. The molecule has 1 fully saturated rings. The van der Waals surface area contributed by atoms with E-state index in [1.54, 1.807) is 6.07 Å². The number of nitrogen functional groups attached to an aromatic ring is 1. The maximum absolute atomic E-state index is 12.2. The molecule has 3 N–H and O–H groups in total. The third-order valence-corrected chi connectivity index (χ3v) is 5.36. The molecule has 0 radical (unpaired) electrons. The number of sulfonamides is 1. The van der Waals surface area contributed by atoms with E-state index in [4.69, 9.17) is 5.73 Å². The van der Waals surface area contributed by atoms with E-state index in [1.807, 2.05) is 14.1 Å². The molecule has 0 amide bonds. The summed E-state index contributed by atoms with van der Waals surface area (Å²) in [5, 5.41) is 0. The van der Waals surface area contributed by atoms with E-state index >= 15 is 0 Å². The van der Waals surface area contributed by atoms with Gasteiger partial charge in [-0.25, -0.2) is 18.1 Å². The van der Waals surface area contributed by atoms with Crippen LogP contribution in [0.3, 0.4) is 0 Å². The zero-order valence-electron chi connectivity index (χ0n) is 11.3. The topological polar surface area (TPSA) is 88.3 Å². The number of rotatable bonds is 5. The van der Waals surface area contributed by atoms with Crippen LogP contribution in [0.4, 0.5) is 5.82 Å². The molecule has 0 bridgehead atoms. The molecule has 1 aliphatic carbocycles. The fourth-order valence-corrected chi connectivity index (χ4v) is 3.50. The van der Waals surface area contributed by atoms with E-state index in [0.717, 1.165) is 19.3 Å². The van der Waals surface area contributed by atoms with Gasteiger partial charge in [-0.15, -0.1) is 0 Å². The number of nitrogens with two attached hydrogens (primary N) is 1. The Balaban J connectivity index is 2.13. The number of nitrogens with one attached hydrogen (secondary N) is 1. The lowest BCUT2D eigenvalue weighted by Crippen LogP contribution is -2.57. The van der Waals surface area contributed by atoms with Crippen LogP contribution in [0.25, 0.3) is 0 Å². The van der Waals surface area contributed by atoms with E-state index in [0.29, 0.717) is 6.54 Å². The highest BCUT2D eigenvalue weighted by Gasteiger charge is 2.40. The van der Waals surface area contributed by atoms with E-state index in [1.165, 1.54) is 12.3 Å². The van der Waals surface area contributed by atoms with Crippen LogP contribution < -0.4 is 10.5 Å². The van der Waals surface area contributed by atoms with Gasteiger partial charge in [0, 0.05) is 18.3 Å². The summed E-state index contributed by atoms with van der Waals surface area (Å²) in [5.41, 5.74) is 5.55. The van der Waals surface area contributed by atoms with Gasteiger partial charge < -0.3 is 10.6 Å². The second-order valence-corrected chi connectivity index (χ2v) is 6.92. The first-order valence-electron chi connectivity index (χ1n) is 6.25. The van der Waals surface area contributed by atoms with Crippen molar-refractivity contribution < 1.29 is 8.42 Å². The lowest BCUT2D eigenvalue weighted by Gasteiger charge is -2.47. The van der Waals surface area contributed by atoms with Crippen LogP contribution in [0.15, 0.2) is 23.2 Å². The molecule has 106 valence electrons. The molecule has 1 heterocycles. The Bertz CT molecular complexity index is 553. The number of hydrogen-bond acceptors (Lipinski definition) is 5. The highest BCUT2D eigenvalue weighted by molar-refractivity contribution is 7.89. The second-order valence-electron chi connectivity index (χ2n) is 5.18. The Kier molecular flexibility index (Phi) is 3.80. The minimum atomic E-state index is -3.60. The monoisotopic (exact) mass is 284 g/mol. The van der Waals surface area contributed by atoms with Gasteiger partial charge in [0.25, 0.3) is 0 Å². The van der Waals surface area contributed by atoms with Gasteiger partial charge >= 0.3 is 0 Å². The van der Waals surface area contributed by atoms with Crippen LogP contribution in [0, 0.1) is 0 Å². The molecule has 2 rings (SSSR count). The minimum Gasteiger partial charge on any atom is -0.383 e. The quantitative estimate of drug-likeness (QED) is 0.818. The summed E-state index contributed by atoms with van der Waals surface area (Å²) in [6, 6.07) is 3.03. The highest BCUT2D eigenvalue weighted by atomic mass is 32.2. The molecule has 0 aromatic carbocycles. The Morgan fingerprint density at radius 2 is 2.16 bits per heavy atom. The van der Waals surface area contributed by atoms with Gasteiger partial charge in [-0.3, -0.25) is 0 Å².